The van der Waals surface area contributed by atoms with Gasteiger partial charge in [-0.15, -0.1) is 11.3 Å². The van der Waals surface area contributed by atoms with Crippen molar-refractivity contribution < 1.29 is 8.42 Å². The van der Waals surface area contributed by atoms with Crippen LogP contribution in [0.3, 0.4) is 0 Å². The molecule has 5 heteroatoms. The van der Waals surface area contributed by atoms with Crippen LogP contribution in [0.2, 0.25) is 0 Å². The normalized spacial score (nSPS) is 11.8. The summed E-state index contributed by atoms with van der Waals surface area (Å²) in [6.07, 6.45) is 0. The van der Waals surface area contributed by atoms with E-state index in [0.717, 1.165) is 15.2 Å². The molecule has 0 N–H and O–H groups in total. The van der Waals surface area contributed by atoms with E-state index in [1.54, 1.807) is 53.8 Å². The Hall–Kier alpha value is -1.72. The van der Waals surface area contributed by atoms with E-state index in [4.69, 9.17) is 0 Å². The van der Waals surface area contributed by atoms with Crippen molar-refractivity contribution in [2.45, 2.75) is 16.7 Å². The number of aryl methyl sites for hydroxylation is 1. The van der Waals surface area contributed by atoms with Crippen LogP contribution in [-0.4, -0.2) is 13.4 Å². The van der Waals surface area contributed by atoms with Gasteiger partial charge >= 0.3 is 0 Å². The second-order valence-corrected chi connectivity index (χ2v) is 7.36. The van der Waals surface area contributed by atoms with E-state index in [2.05, 4.69) is 4.98 Å². The van der Waals surface area contributed by atoms with E-state index in [9.17, 15) is 8.42 Å². The average Bonchev–Trinajstić information content (AvgIpc) is 2.78. The van der Waals surface area contributed by atoms with E-state index in [1.807, 2.05) is 13.0 Å². The lowest BCUT2D eigenvalue weighted by molar-refractivity contribution is 0.596. The second kappa shape index (κ2) is 4.43. The van der Waals surface area contributed by atoms with Gasteiger partial charge in [-0.25, -0.2) is 13.4 Å². The molecule has 0 bridgehead atoms. The lowest BCUT2D eigenvalue weighted by atomic mass is 10.3. The van der Waals surface area contributed by atoms with Gasteiger partial charge in [-0.1, -0.05) is 18.2 Å². The molecule has 3 nitrogen and oxygen atoms in total. The van der Waals surface area contributed by atoms with Crippen molar-refractivity contribution in [3.05, 3.63) is 53.5 Å². The summed E-state index contributed by atoms with van der Waals surface area (Å²) < 4.78 is 25.9. The van der Waals surface area contributed by atoms with Crippen LogP contribution in [-0.2, 0) is 9.84 Å². The monoisotopic (exact) mass is 289 g/mol. The molecule has 2 aromatic carbocycles. The predicted octanol–water partition coefficient (Wildman–Crippen LogP) is 3.44. The molecule has 0 atom stereocenters. The lowest BCUT2D eigenvalue weighted by Gasteiger charge is -2.03. The Balaban J connectivity index is 2.18. The Labute approximate surface area is 115 Å². The van der Waals surface area contributed by atoms with Crippen LogP contribution >= 0.6 is 11.3 Å². The van der Waals surface area contributed by atoms with Crippen molar-refractivity contribution in [1.29, 1.82) is 0 Å². The molecule has 0 aliphatic rings. The summed E-state index contributed by atoms with van der Waals surface area (Å²) in [5, 5.41) is 0.934. The summed E-state index contributed by atoms with van der Waals surface area (Å²) in [6, 6.07) is 13.5. The van der Waals surface area contributed by atoms with Crippen molar-refractivity contribution in [1.82, 2.24) is 4.98 Å². The summed E-state index contributed by atoms with van der Waals surface area (Å²) in [7, 11) is -3.46. The molecule has 0 aliphatic heterocycles. The van der Waals surface area contributed by atoms with E-state index < -0.39 is 9.84 Å². The Kier molecular flexibility index (Phi) is 2.88. The number of hydrogen-bond donors (Lipinski definition) is 0. The van der Waals surface area contributed by atoms with Crippen molar-refractivity contribution >= 4 is 31.4 Å². The number of thiazole rings is 1. The Morgan fingerprint density at radius 2 is 1.74 bits per heavy atom. The first kappa shape index (κ1) is 12.3. The number of benzene rings is 2. The van der Waals surface area contributed by atoms with Gasteiger partial charge in [0.2, 0.25) is 9.84 Å². The third kappa shape index (κ3) is 2.15. The highest BCUT2D eigenvalue weighted by Gasteiger charge is 2.18. The number of hydrogen-bond acceptors (Lipinski definition) is 4. The maximum atomic E-state index is 12.5. The SMILES string of the molecule is Cc1nc2cc(S(=O)(=O)c3ccccc3)ccc2s1. The summed E-state index contributed by atoms with van der Waals surface area (Å²) in [5.74, 6) is 0. The smallest absolute Gasteiger partial charge is 0.206 e. The van der Waals surface area contributed by atoms with Crippen molar-refractivity contribution in [3.63, 3.8) is 0 Å². The van der Waals surface area contributed by atoms with Crippen LogP contribution in [0.25, 0.3) is 10.2 Å². The molecule has 0 aliphatic carbocycles. The van der Waals surface area contributed by atoms with Crippen LogP contribution in [0.15, 0.2) is 58.3 Å². The van der Waals surface area contributed by atoms with Crippen molar-refractivity contribution in [2.75, 3.05) is 0 Å². The molecule has 0 fully saturated rings. The first-order valence-corrected chi connectivity index (χ1v) is 8.05. The highest BCUT2D eigenvalue weighted by molar-refractivity contribution is 7.91. The molecule has 1 heterocycles. The van der Waals surface area contributed by atoms with Crippen LogP contribution in [0.1, 0.15) is 5.01 Å². The van der Waals surface area contributed by atoms with Crippen LogP contribution < -0.4 is 0 Å². The fraction of sp³-hybridized carbons (Fsp3) is 0.0714. The van der Waals surface area contributed by atoms with E-state index >= 15 is 0 Å². The number of nitrogens with zero attached hydrogens (tertiary/aromatic N) is 1. The summed E-state index contributed by atoms with van der Waals surface area (Å²) in [5.41, 5.74) is 0.736. The molecule has 0 spiro atoms. The van der Waals surface area contributed by atoms with E-state index in [0.29, 0.717) is 4.90 Å². The number of sulfone groups is 1. The summed E-state index contributed by atoms with van der Waals surface area (Å²) >= 11 is 1.56. The van der Waals surface area contributed by atoms with Gasteiger partial charge in [-0.2, -0.15) is 0 Å². The van der Waals surface area contributed by atoms with Gasteiger partial charge in [0.05, 0.1) is 25.0 Å². The van der Waals surface area contributed by atoms with E-state index in [-0.39, 0.29) is 4.90 Å². The molecule has 0 radical (unpaired) electrons. The second-order valence-electron chi connectivity index (χ2n) is 4.18. The third-order valence-electron chi connectivity index (χ3n) is 2.83. The highest BCUT2D eigenvalue weighted by Crippen LogP contribution is 2.27. The zero-order valence-electron chi connectivity index (χ0n) is 10.2. The summed E-state index contributed by atoms with van der Waals surface area (Å²) in [4.78, 5) is 4.93. The van der Waals surface area contributed by atoms with Crippen LogP contribution in [0, 0.1) is 6.92 Å². The van der Waals surface area contributed by atoms with Gasteiger partial charge in [-0.05, 0) is 37.3 Å². The largest absolute Gasteiger partial charge is 0.241 e. The fourth-order valence-electron chi connectivity index (χ4n) is 1.93. The minimum Gasteiger partial charge on any atom is -0.241 e. The van der Waals surface area contributed by atoms with Crippen molar-refractivity contribution in [2.24, 2.45) is 0 Å². The predicted molar refractivity (Wildman–Crippen MR) is 76.3 cm³/mol. The van der Waals surface area contributed by atoms with Gasteiger partial charge in [0.15, 0.2) is 0 Å². The van der Waals surface area contributed by atoms with Gasteiger partial charge in [0.25, 0.3) is 0 Å². The van der Waals surface area contributed by atoms with Crippen molar-refractivity contribution in [3.8, 4) is 0 Å². The lowest BCUT2D eigenvalue weighted by Crippen LogP contribution is -2.01. The average molecular weight is 289 g/mol. The maximum Gasteiger partial charge on any atom is 0.206 e. The standard InChI is InChI=1S/C14H11NO2S2/c1-10-15-13-9-12(7-8-14(13)18-10)19(16,17)11-5-3-2-4-6-11/h2-9H,1H3. The maximum absolute atomic E-state index is 12.5. The highest BCUT2D eigenvalue weighted by atomic mass is 32.2. The first-order valence-electron chi connectivity index (χ1n) is 5.75. The number of aromatic nitrogens is 1. The molecule has 0 saturated heterocycles. The van der Waals surface area contributed by atoms with Crippen LogP contribution in [0.4, 0.5) is 0 Å². The zero-order chi connectivity index (χ0) is 13.5. The minimum absolute atomic E-state index is 0.288. The molecule has 3 rings (SSSR count). The van der Waals surface area contributed by atoms with Gasteiger partial charge in [0, 0.05) is 0 Å². The minimum atomic E-state index is -3.46. The molecular formula is C14H11NO2S2. The fourth-order valence-corrected chi connectivity index (χ4v) is 4.03. The molecule has 19 heavy (non-hydrogen) atoms. The van der Waals surface area contributed by atoms with Gasteiger partial charge in [0.1, 0.15) is 0 Å². The number of rotatable bonds is 2. The van der Waals surface area contributed by atoms with Crippen LogP contribution in [0.5, 0.6) is 0 Å². The quantitative estimate of drug-likeness (QED) is 0.726. The molecule has 0 amide bonds. The Morgan fingerprint density at radius 3 is 2.47 bits per heavy atom. The zero-order valence-corrected chi connectivity index (χ0v) is 11.8. The first-order chi connectivity index (χ1) is 9.07. The molecule has 0 saturated carbocycles. The summed E-state index contributed by atoms with van der Waals surface area (Å²) in [6.45, 7) is 1.91. The van der Waals surface area contributed by atoms with Gasteiger partial charge in [-0.3, -0.25) is 0 Å². The van der Waals surface area contributed by atoms with Gasteiger partial charge < -0.3 is 0 Å². The molecular weight excluding hydrogens is 278 g/mol. The topological polar surface area (TPSA) is 47.0 Å². The Morgan fingerprint density at radius 1 is 1.00 bits per heavy atom. The van der Waals surface area contributed by atoms with E-state index in [1.165, 1.54) is 0 Å². The third-order valence-corrected chi connectivity index (χ3v) is 5.55. The molecule has 1 aromatic heterocycles. The Bertz CT molecular complexity index is 836. The molecule has 96 valence electrons. The molecule has 0 unspecified atom stereocenters. The number of fused-ring (bicyclic) bond motifs is 1. The molecule has 3 aromatic rings.